The molecule has 1 aromatic heterocycles. The lowest BCUT2D eigenvalue weighted by Gasteiger charge is -2.07. The van der Waals surface area contributed by atoms with E-state index in [0.717, 1.165) is 3.79 Å². The first-order valence-corrected chi connectivity index (χ1v) is 8.46. The van der Waals surface area contributed by atoms with Crippen LogP contribution < -0.4 is 10.5 Å². The lowest BCUT2D eigenvalue weighted by molar-refractivity contribution is 0.601. The summed E-state index contributed by atoms with van der Waals surface area (Å²) < 4.78 is 27.9. The molecule has 3 N–H and O–H groups in total. The van der Waals surface area contributed by atoms with Gasteiger partial charge in [0.25, 0.3) is 10.0 Å². The Morgan fingerprint density at radius 2 is 2.06 bits per heavy atom. The van der Waals surface area contributed by atoms with E-state index in [4.69, 9.17) is 5.73 Å². The standard InChI is InChI=1S/C9H7Br2N3O2S2/c10-6-2-1-5(12)3-7(6)18(15,16)14-9-13-4-8(11)17-9/h1-4H,12H2,(H,13,14). The molecule has 5 nitrogen and oxygen atoms in total. The number of sulfonamides is 1. The predicted molar refractivity (Wildman–Crippen MR) is 79.2 cm³/mol. The van der Waals surface area contributed by atoms with Gasteiger partial charge in [-0.2, -0.15) is 0 Å². The number of thiazole rings is 1. The molecule has 0 unspecified atom stereocenters. The molecule has 0 saturated carbocycles. The Morgan fingerprint density at radius 1 is 1.33 bits per heavy atom. The molecule has 0 fully saturated rings. The third-order valence-corrected chi connectivity index (χ3v) is 5.80. The zero-order valence-electron chi connectivity index (χ0n) is 8.72. The van der Waals surface area contributed by atoms with Crippen LogP contribution in [0.5, 0.6) is 0 Å². The molecule has 0 atom stereocenters. The number of nitrogens with one attached hydrogen (secondary N) is 1. The minimum absolute atomic E-state index is 0.0776. The molecule has 9 heteroatoms. The van der Waals surface area contributed by atoms with Crippen LogP contribution in [-0.4, -0.2) is 13.4 Å². The molecule has 96 valence electrons. The Balaban J connectivity index is 2.39. The molecule has 0 saturated heterocycles. The van der Waals surface area contributed by atoms with Gasteiger partial charge in [0.05, 0.1) is 9.98 Å². The quantitative estimate of drug-likeness (QED) is 0.758. The van der Waals surface area contributed by atoms with E-state index in [-0.39, 0.29) is 10.0 Å². The van der Waals surface area contributed by atoms with Gasteiger partial charge in [-0.05, 0) is 50.1 Å². The molecule has 1 heterocycles. The summed E-state index contributed by atoms with van der Waals surface area (Å²) in [5.41, 5.74) is 5.96. The molecule has 18 heavy (non-hydrogen) atoms. The van der Waals surface area contributed by atoms with Crippen molar-refractivity contribution in [1.29, 1.82) is 0 Å². The Kier molecular flexibility index (Phi) is 3.95. The number of nitrogens with zero attached hydrogens (tertiary/aromatic N) is 1. The second-order valence-electron chi connectivity index (χ2n) is 3.26. The van der Waals surface area contributed by atoms with Gasteiger partial charge in [-0.1, -0.05) is 11.3 Å². The van der Waals surface area contributed by atoms with Gasteiger partial charge in [0.15, 0.2) is 5.13 Å². The number of anilines is 2. The van der Waals surface area contributed by atoms with Crippen molar-refractivity contribution in [3.63, 3.8) is 0 Å². The van der Waals surface area contributed by atoms with Crippen molar-refractivity contribution in [2.75, 3.05) is 10.5 Å². The van der Waals surface area contributed by atoms with Crippen LogP contribution in [0.4, 0.5) is 10.8 Å². The molecule has 2 aromatic rings. The number of aromatic nitrogens is 1. The van der Waals surface area contributed by atoms with E-state index >= 15 is 0 Å². The third-order valence-electron chi connectivity index (χ3n) is 1.94. The number of rotatable bonds is 3. The summed E-state index contributed by atoms with van der Waals surface area (Å²) in [5.74, 6) is 0. The number of halogens is 2. The van der Waals surface area contributed by atoms with Crippen LogP contribution in [0.1, 0.15) is 0 Å². The van der Waals surface area contributed by atoms with Crippen molar-refractivity contribution in [2.24, 2.45) is 0 Å². The van der Waals surface area contributed by atoms with Crippen LogP contribution in [0.2, 0.25) is 0 Å². The lowest BCUT2D eigenvalue weighted by Crippen LogP contribution is -2.13. The van der Waals surface area contributed by atoms with Crippen molar-refractivity contribution in [2.45, 2.75) is 4.90 Å². The van der Waals surface area contributed by atoms with Crippen molar-refractivity contribution in [3.8, 4) is 0 Å². The molecule has 0 aliphatic carbocycles. The van der Waals surface area contributed by atoms with Gasteiger partial charge in [-0.15, -0.1) is 0 Å². The van der Waals surface area contributed by atoms with Crippen LogP contribution in [0.25, 0.3) is 0 Å². The Hall–Kier alpha value is -0.640. The maximum absolute atomic E-state index is 12.1. The highest BCUT2D eigenvalue weighted by molar-refractivity contribution is 9.11. The average molecular weight is 413 g/mol. The van der Waals surface area contributed by atoms with E-state index in [1.807, 2.05) is 0 Å². The molecule has 0 radical (unpaired) electrons. The molecule has 0 bridgehead atoms. The highest BCUT2D eigenvalue weighted by Gasteiger charge is 2.19. The number of hydrogen-bond donors (Lipinski definition) is 2. The molecule has 0 aliphatic heterocycles. The van der Waals surface area contributed by atoms with E-state index in [1.165, 1.54) is 23.6 Å². The summed E-state index contributed by atoms with van der Waals surface area (Å²) in [6.45, 7) is 0. The van der Waals surface area contributed by atoms with Crippen LogP contribution in [0.15, 0.2) is 37.6 Å². The second kappa shape index (κ2) is 5.16. The number of benzene rings is 1. The number of nitrogen functional groups attached to an aromatic ring is 1. The van der Waals surface area contributed by atoms with Gasteiger partial charge in [0, 0.05) is 10.2 Å². The molecular formula is C9H7Br2N3O2S2. The number of hydrogen-bond acceptors (Lipinski definition) is 5. The minimum atomic E-state index is -3.70. The highest BCUT2D eigenvalue weighted by Crippen LogP contribution is 2.29. The van der Waals surface area contributed by atoms with Crippen LogP contribution in [0.3, 0.4) is 0 Å². The predicted octanol–water partition coefficient (Wildman–Crippen LogP) is 3.05. The fourth-order valence-electron chi connectivity index (χ4n) is 1.20. The molecular weight excluding hydrogens is 406 g/mol. The van der Waals surface area contributed by atoms with Crippen LogP contribution >= 0.6 is 43.2 Å². The first-order valence-electron chi connectivity index (χ1n) is 4.57. The maximum atomic E-state index is 12.1. The van der Waals surface area contributed by atoms with E-state index in [2.05, 4.69) is 41.6 Å². The van der Waals surface area contributed by atoms with Gasteiger partial charge in [0.1, 0.15) is 4.90 Å². The van der Waals surface area contributed by atoms with Crippen molar-refractivity contribution in [1.82, 2.24) is 4.98 Å². The largest absolute Gasteiger partial charge is 0.399 e. The van der Waals surface area contributed by atoms with Gasteiger partial charge in [-0.3, -0.25) is 4.72 Å². The Morgan fingerprint density at radius 3 is 2.67 bits per heavy atom. The SMILES string of the molecule is Nc1ccc(Br)c(S(=O)(=O)Nc2ncc(Br)s2)c1. The van der Waals surface area contributed by atoms with Gasteiger partial charge < -0.3 is 5.73 Å². The second-order valence-corrected chi connectivity index (χ2v) is 8.18. The summed E-state index contributed by atoms with van der Waals surface area (Å²) in [7, 11) is -3.70. The maximum Gasteiger partial charge on any atom is 0.264 e. The fourth-order valence-corrected chi connectivity index (χ4v) is 4.55. The number of nitrogens with two attached hydrogens (primary N) is 1. The average Bonchev–Trinajstić information content (AvgIpc) is 2.66. The van der Waals surface area contributed by atoms with E-state index < -0.39 is 10.0 Å². The molecule has 1 aromatic carbocycles. The summed E-state index contributed by atoms with van der Waals surface area (Å²) in [6.07, 6.45) is 1.52. The topological polar surface area (TPSA) is 85.1 Å². The monoisotopic (exact) mass is 411 g/mol. The Labute approximate surface area is 125 Å². The normalized spacial score (nSPS) is 11.4. The molecule has 2 rings (SSSR count). The van der Waals surface area contributed by atoms with Crippen molar-refractivity contribution in [3.05, 3.63) is 32.7 Å². The zero-order valence-corrected chi connectivity index (χ0v) is 13.5. The first kappa shape index (κ1) is 13.8. The van der Waals surface area contributed by atoms with Gasteiger partial charge in [-0.25, -0.2) is 13.4 Å². The molecule has 0 spiro atoms. The summed E-state index contributed by atoms with van der Waals surface area (Å²) in [5, 5.41) is 0.288. The van der Waals surface area contributed by atoms with E-state index in [9.17, 15) is 8.42 Å². The lowest BCUT2D eigenvalue weighted by atomic mass is 10.3. The van der Waals surface area contributed by atoms with Crippen molar-refractivity contribution < 1.29 is 8.42 Å². The fraction of sp³-hybridized carbons (Fsp3) is 0. The molecule has 0 aliphatic rings. The third kappa shape index (κ3) is 3.02. The summed E-state index contributed by atoms with van der Waals surface area (Å²) >= 11 is 7.59. The summed E-state index contributed by atoms with van der Waals surface area (Å²) in [4.78, 5) is 3.99. The summed E-state index contributed by atoms with van der Waals surface area (Å²) in [6, 6.07) is 4.58. The van der Waals surface area contributed by atoms with Crippen molar-refractivity contribution >= 4 is 64.0 Å². The molecule has 0 amide bonds. The highest BCUT2D eigenvalue weighted by atomic mass is 79.9. The Bertz CT molecular complexity index is 685. The van der Waals surface area contributed by atoms with Gasteiger partial charge >= 0.3 is 0 Å². The van der Waals surface area contributed by atoms with E-state index in [1.54, 1.807) is 12.1 Å². The van der Waals surface area contributed by atoms with Gasteiger partial charge in [0.2, 0.25) is 0 Å². The first-order chi connectivity index (χ1) is 8.38. The van der Waals surface area contributed by atoms with Crippen LogP contribution in [-0.2, 0) is 10.0 Å². The zero-order chi connectivity index (χ0) is 13.3. The smallest absolute Gasteiger partial charge is 0.264 e. The minimum Gasteiger partial charge on any atom is -0.399 e. The van der Waals surface area contributed by atoms with E-state index in [0.29, 0.717) is 10.2 Å². The van der Waals surface area contributed by atoms with Crippen LogP contribution in [0, 0.1) is 0 Å².